The molecule has 0 aromatic carbocycles. The van der Waals surface area contributed by atoms with Gasteiger partial charge in [0.2, 0.25) is 0 Å². The Morgan fingerprint density at radius 1 is 1.37 bits per heavy atom. The molecule has 0 aliphatic heterocycles. The fraction of sp³-hybridized carbons (Fsp3) is 0.375. The van der Waals surface area contributed by atoms with Crippen molar-refractivity contribution in [3.8, 4) is 0 Å². The molecule has 0 atom stereocenters. The van der Waals surface area contributed by atoms with Gasteiger partial charge < -0.3 is 10.1 Å². The number of carbonyl (C=O) groups is 1. The maximum Gasteiger partial charge on any atom is 0.433 e. The molecule has 0 saturated heterocycles. The molecule has 8 nitrogen and oxygen atoms in total. The Bertz CT molecular complexity index is 1010. The Balaban J connectivity index is 1.66. The van der Waals surface area contributed by atoms with Gasteiger partial charge in [-0.05, 0) is 18.9 Å². The number of ether oxygens (including phenoxy) is 1. The summed E-state index contributed by atoms with van der Waals surface area (Å²) in [5, 5.41) is 10.3. The van der Waals surface area contributed by atoms with E-state index in [-0.39, 0.29) is 24.0 Å². The van der Waals surface area contributed by atoms with Gasteiger partial charge in [-0.3, -0.25) is 4.79 Å². The average Bonchev–Trinajstić information content (AvgIpc) is 3.21. The van der Waals surface area contributed by atoms with Crippen LogP contribution in [-0.4, -0.2) is 37.4 Å². The van der Waals surface area contributed by atoms with Crippen LogP contribution in [0.15, 0.2) is 24.5 Å². The molecule has 1 aliphatic carbocycles. The third-order valence-electron chi connectivity index (χ3n) is 4.12. The fourth-order valence-electron chi connectivity index (χ4n) is 2.72. The molecule has 1 N–H and O–H groups in total. The van der Waals surface area contributed by atoms with E-state index >= 15 is 0 Å². The number of rotatable bonds is 5. The first-order valence-corrected chi connectivity index (χ1v) is 8.16. The van der Waals surface area contributed by atoms with Crippen molar-refractivity contribution in [2.45, 2.75) is 31.7 Å². The van der Waals surface area contributed by atoms with Crippen LogP contribution in [0.25, 0.3) is 5.65 Å². The largest absolute Gasteiger partial charge is 0.433 e. The minimum atomic E-state index is -4.61. The molecule has 3 heterocycles. The van der Waals surface area contributed by atoms with E-state index in [0.717, 1.165) is 18.9 Å². The lowest BCUT2D eigenvalue weighted by molar-refractivity contribution is -0.142. The minimum Gasteiger partial charge on any atom is -0.362 e. The summed E-state index contributed by atoms with van der Waals surface area (Å²) in [4.78, 5) is 16.6. The molecule has 0 spiro atoms. The topological polar surface area (TPSA) is 86.3 Å². The summed E-state index contributed by atoms with van der Waals surface area (Å²) in [6.45, 7) is 0.201. The molecule has 1 fully saturated rings. The van der Waals surface area contributed by atoms with Crippen LogP contribution in [0.1, 0.15) is 40.6 Å². The number of halogens is 3. The molecule has 3 aromatic rings. The zero-order valence-corrected chi connectivity index (χ0v) is 14.2. The molecule has 4 rings (SSSR count). The molecule has 0 radical (unpaired) electrons. The van der Waals surface area contributed by atoms with Crippen molar-refractivity contribution in [1.29, 1.82) is 0 Å². The van der Waals surface area contributed by atoms with Crippen LogP contribution < -0.4 is 5.32 Å². The second-order valence-electron chi connectivity index (χ2n) is 6.28. The number of hydrogen-bond acceptors (Lipinski definition) is 5. The van der Waals surface area contributed by atoms with Gasteiger partial charge in [-0.1, -0.05) is 0 Å². The zero-order valence-electron chi connectivity index (χ0n) is 14.2. The highest BCUT2D eigenvalue weighted by molar-refractivity contribution is 6.03. The lowest BCUT2D eigenvalue weighted by atomic mass is 10.2. The molecular weight excluding hydrogens is 365 g/mol. The second kappa shape index (κ2) is 6.34. The van der Waals surface area contributed by atoms with Gasteiger partial charge in [0.15, 0.2) is 11.3 Å². The molecule has 1 amide bonds. The molecule has 0 unspecified atom stereocenters. The normalized spacial score (nSPS) is 14.7. The van der Waals surface area contributed by atoms with Crippen LogP contribution in [-0.2, 0) is 17.6 Å². The minimum absolute atomic E-state index is 0.00745. The number of amides is 1. The van der Waals surface area contributed by atoms with E-state index < -0.39 is 17.8 Å². The van der Waals surface area contributed by atoms with Crippen molar-refractivity contribution >= 4 is 17.2 Å². The van der Waals surface area contributed by atoms with Crippen molar-refractivity contribution < 1.29 is 22.7 Å². The first kappa shape index (κ1) is 17.5. The number of hydrogen-bond donors (Lipinski definition) is 1. The molecule has 27 heavy (non-hydrogen) atoms. The smallest absolute Gasteiger partial charge is 0.362 e. The van der Waals surface area contributed by atoms with Gasteiger partial charge in [0, 0.05) is 24.8 Å². The molecule has 1 saturated carbocycles. The number of anilines is 1. The predicted octanol–water partition coefficient (Wildman–Crippen LogP) is 2.68. The van der Waals surface area contributed by atoms with Crippen molar-refractivity contribution in [2.75, 3.05) is 12.4 Å². The Kier molecular flexibility index (Phi) is 4.10. The zero-order chi connectivity index (χ0) is 19.2. The highest BCUT2D eigenvalue weighted by atomic mass is 19.4. The fourth-order valence-corrected chi connectivity index (χ4v) is 2.72. The van der Waals surface area contributed by atoms with Crippen molar-refractivity contribution in [2.24, 2.45) is 0 Å². The lowest BCUT2D eigenvalue weighted by Gasteiger charge is -2.10. The van der Waals surface area contributed by atoms with Gasteiger partial charge in [-0.15, -0.1) is 0 Å². The Hall–Kier alpha value is -2.95. The van der Waals surface area contributed by atoms with Crippen LogP contribution in [0.2, 0.25) is 0 Å². The Labute approximate surface area is 150 Å². The first-order valence-electron chi connectivity index (χ1n) is 8.16. The van der Waals surface area contributed by atoms with Crippen molar-refractivity contribution in [1.82, 2.24) is 24.4 Å². The summed E-state index contributed by atoms with van der Waals surface area (Å²) in [5.41, 5.74) is -0.368. The number of methoxy groups -OCH3 is 1. The van der Waals surface area contributed by atoms with Gasteiger partial charge in [0.05, 0.1) is 18.1 Å². The Morgan fingerprint density at radius 3 is 2.81 bits per heavy atom. The van der Waals surface area contributed by atoms with E-state index in [2.05, 4.69) is 20.5 Å². The van der Waals surface area contributed by atoms with E-state index in [0.29, 0.717) is 15.9 Å². The second-order valence-corrected chi connectivity index (χ2v) is 6.28. The first-order chi connectivity index (χ1) is 12.8. The lowest BCUT2D eigenvalue weighted by Crippen LogP contribution is -2.16. The monoisotopic (exact) mass is 380 g/mol. The number of nitrogens with one attached hydrogen (secondary N) is 1. The summed E-state index contributed by atoms with van der Waals surface area (Å²) in [6, 6.07) is 2.25. The Morgan fingerprint density at radius 2 is 2.15 bits per heavy atom. The van der Waals surface area contributed by atoms with Crippen LogP contribution in [0, 0.1) is 0 Å². The third-order valence-corrected chi connectivity index (χ3v) is 4.12. The van der Waals surface area contributed by atoms with Gasteiger partial charge in [0.1, 0.15) is 12.4 Å². The van der Waals surface area contributed by atoms with E-state index in [1.807, 2.05) is 0 Å². The molecule has 3 aromatic heterocycles. The maximum atomic E-state index is 13.4. The van der Waals surface area contributed by atoms with Crippen molar-refractivity contribution in [3.63, 3.8) is 0 Å². The van der Waals surface area contributed by atoms with Crippen LogP contribution in [0.3, 0.4) is 0 Å². The summed E-state index contributed by atoms with van der Waals surface area (Å²) in [7, 11) is 1.50. The van der Waals surface area contributed by atoms with Gasteiger partial charge in [-0.25, -0.2) is 14.2 Å². The van der Waals surface area contributed by atoms with E-state index in [4.69, 9.17) is 4.74 Å². The van der Waals surface area contributed by atoms with Crippen LogP contribution >= 0.6 is 0 Å². The number of aromatic nitrogens is 5. The molecule has 0 bridgehead atoms. The summed E-state index contributed by atoms with van der Waals surface area (Å²) >= 11 is 0. The van der Waals surface area contributed by atoms with Crippen molar-refractivity contribution in [3.05, 3.63) is 41.6 Å². The van der Waals surface area contributed by atoms with Crippen LogP contribution in [0.4, 0.5) is 18.9 Å². The van der Waals surface area contributed by atoms with Gasteiger partial charge in [0.25, 0.3) is 5.91 Å². The van der Waals surface area contributed by atoms with E-state index in [9.17, 15) is 18.0 Å². The average molecular weight is 380 g/mol. The quantitative estimate of drug-likeness (QED) is 0.736. The van der Waals surface area contributed by atoms with Gasteiger partial charge in [-0.2, -0.15) is 23.4 Å². The number of carbonyl (C=O) groups excluding carboxylic acids is 1. The summed E-state index contributed by atoms with van der Waals surface area (Å²) in [5.74, 6) is -0.617. The van der Waals surface area contributed by atoms with E-state index in [1.165, 1.54) is 30.3 Å². The van der Waals surface area contributed by atoms with Gasteiger partial charge >= 0.3 is 6.18 Å². The highest BCUT2D eigenvalue weighted by Crippen LogP contribution is 2.41. The molecular formula is C16H15F3N6O2. The third kappa shape index (κ3) is 3.50. The van der Waals surface area contributed by atoms with Crippen LogP contribution in [0.5, 0.6) is 0 Å². The molecule has 1 aliphatic rings. The molecule has 142 valence electrons. The SMILES string of the molecule is COCn1cc(NC(=O)c2cc3nc(C4CC4)cc(C(F)(F)F)n3n2)cn1. The predicted molar refractivity (Wildman–Crippen MR) is 87.2 cm³/mol. The number of fused-ring (bicyclic) bond motifs is 1. The summed E-state index contributed by atoms with van der Waals surface area (Å²) in [6.07, 6.45) is -0.0498. The maximum absolute atomic E-state index is 13.4. The molecule has 11 heteroatoms. The number of nitrogens with zero attached hydrogens (tertiary/aromatic N) is 5. The number of alkyl halides is 3. The highest BCUT2D eigenvalue weighted by Gasteiger charge is 2.37. The summed E-state index contributed by atoms with van der Waals surface area (Å²) < 4.78 is 47.2. The van der Waals surface area contributed by atoms with E-state index in [1.54, 1.807) is 0 Å². The standard InChI is InChI=1S/C16H15F3N6O2/c1-27-8-24-7-10(6-20-24)21-15(26)12-5-14-22-11(9-2-3-9)4-13(16(17,18)19)25(14)23-12/h4-7,9H,2-3,8H2,1H3,(H,21,26).